The number of hydrogen-bond acceptors (Lipinski definition) is 6. The molecule has 0 spiro atoms. The molecule has 0 radical (unpaired) electrons. The van der Waals surface area contributed by atoms with Crippen molar-refractivity contribution in [2.75, 3.05) is 33.0 Å². The van der Waals surface area contributed by atoms with Gasteiger partial charge in [0.05, 0.1) is 12.7 Å². The Morgan fingerprint density at radius 2 is 1.97 bits per heavy atom. The lowest BCUT2D eigenvalue weighted by atomic mass is 10.1. The molecular formula is C25H28N2O5. The van der Waals surface area contributed by atoms with Crippen molar-refractivity contribution in [2.45, 2.75) is 25.9 Å². The molecule has 1 atom stereocenters. The first-order valence-corrected chi connectivity index (χ1v) is 10.8. The monoisotopic (exact) mass is 436 g/mol. The number of rotatable bonds is 11. The quantitative estimate of drug-likeness (QED) is 0.328. The van der Waals surface area contributed by atoms with Crippen molar-refractivity contribution in [1.29, 1.82) is 5.26 Å². The van der Waals surface area contributed by atoms with E-state index in [1.54, 1.807) is 18.2 Å². The third-order valence-electron chi connectivity index (χ3n) is 4.81. The summed E-state index contributed by atoms with van der Waals surface area (Å²) in [5, 5.41) is 12.2. The predicted octanol–water partition coefficient (Wildman–Crippen LogP) is 3.75. The van der Waals surface area contributed by atoms with Crippen molar-refractivity contribution < 1.29 is 23.7 Å². The van der Waals surface area contributed by atoms with Crippen LogP contribution in [0, 0.1) is 11.3 Å². The zero-order chi connectivity index (χ0) is 22.6. The second-order valence-corrected chi connectivity index (χ2v) is 7.16. The average Bonchev–Trinajstić information content (AvgIpc) is 3.34. The number of nitrogens with one attached hydrogen (secondary N) is 1. The van der Waals surface area contributed by atoms with Gasteiger partial charge in [-0.15, -0.1) is 0 Å². The lowest BCUT2D eigenvalue weighted by Gasteiger charge is -2.13. The maximum absolute atomic E-state index is 12.4. The lowest BCUT2D eigenvalue weighted by Crippen LogP contribution is -2.32. The third kappa shape index (κ3) is 7.03. The smallest absolute Gasteiger partial charge is 0.262 e. The summed E-state index contributed by atoms with van der Waals surface area (Å²) < 4.78 is 22.6. The van der Waals surface area contributed by atoms with E-state index in [0.29, 0.717) is 50.0 Å². The summed E-state index contributed by atoms with van der Waals surface area (Å²) in [5.74, 6) is 1.47. The predicted molar refractivity (Wildman–Crippen MR) is 121 cm³/mol. The highest BCUT2D eigenvalue weighted by molar-refractivity contribution is 6.01. The molecule has 2 aromatic carbocycles. The van der Waals surface area contributed by atoms with Crippen LogP contribution < -0.4 is 19.5 Å². The molecule has 3 rings (SSSR count). The fourth-order valence-electron chi connectivity index (χ4n) is 3.25. The molecule has 1 fully saturated rings. The largest absolute Gasteiger partial charge is 0.490 e. The van der Waals surface area contributed by atoms with Crippen LogP contribution in [-0.2, 0) is 9.53 Å². The van der Waals surface area contributed by atoms with Gasteiger partial charge in [0, 0.05) is 13.2 Å². The normalized spacial score (nSPS) is 15.6. The van der Waals surface area contributed by atoms with Gasteiger partial charge >= 0.3 is 0 Å². The van der Waals surface area contributed by atoms with Gasteiger partial charge in [-0.3, -0.25) is 4.79 Å². The molecule has 32 heavy (non-hydrogen) atoms. The van der Waals surface area contributed by atoms with Crippen LogP contribution in [0.3, 0.4) is 0 Å². The highest BCUT2D eigenvalue weighted by Gasteiger charge is 2.18. The molecule has 0 bridgehead atoms. The molecule has 1 amide bonds. The van der Waals surface area contributed by atoms with Gasteiger partial charge in [-0.05, 0) is 55.7 Å². The van der Waals surface area contributed by atoms with Crippen molar-refractivity contribution >= 4 is 12.0 Å². The van der Waals surface area contributed by atoms with E-state index >= 15 is 0 Å². The Morgan fingerprint density at radius 1 is 1.16 bits per heavy atom. The van der Waals surface area contributed by atoms with Crippen molar-refractivity contribution in [2.24, 2.45) is 0 Å². The van der Waals surface area contributed by atoms with Gasteiger partial charge in [-0.1, -0.05) is 24.3 Å². The second kappa shape index (κ2) is 12.4. The Morgan fingerprint density at radius 3 is 2.69 bits per heavy atom. The number of nitriles is 1. The zero-order valence-electron chi connectivity index (χ0n) is 18.2. The topological polar surface area (TPSA) is 89.8 Å². The number of carbonyl (C=O) groups excluding carboxylic acids is 1. The standard InChI is InChI=1S/C25H28N2O5/c1-2-29-24-16-19(15-20(17-26)25(28)27-18-22-9-6-12-30-22)10-11-23(24)32-14-13-31-21-7-4-3-5-8-21/h3-5,7-8,10-11,15-16,22H,2,6,9,12-14,18H2,1H3,(H,27,28)/b20-15+/t22-/m1/s1. The van der Waals surface area contributed by atoms with Crippen LogP contribution in [0.4, 0.5) is 0 Å². The first kappa shape index (κ1) is 23.2. The SMILES string of the molecule is CCOc1cc(/C=C(\C#N)C(=O)NC[C@H]2CCCO2)ccc1OCCOc1ccccc1. The molecule has 1 N–H and O–H groups in total. The molecule has 1 saturated heterocycles. The summed E-state index contributed by atoms with van der Waals surface area (Å²) in [7, 11) is 0. The van der Waals surface area contributed by atoms with Gasteiger partial charge in [-0.2, -0.15) is 5.26 Å². The van der Waals surface area contributed by atoms with Crippen LogP contribution in [0.15, 0.2) is 54.1 Å². The van der Waals surface area contributed by atoms with Crippen LogP contribution in [0.1, 0.15) is 25.3 Å². The van der Waals surface area contributed by atoms with Gasteiger partial charge in [0.15, 0.2) is 11.5 Å². The van der Waals surface area contributed by atoms with Crippen LogP contribution in [0.5, 0.6) is 17.2 Å². The summed E-state index contributed by atoms with van der Waals surface area (Å²) in [6.45, 7) is 4.19. The van der Waals surface area contributed by atoms with E-state index in [0.717, 1.165) is 18.6 Å². The molecular weight excluding hydrogens is 408 g/mol. The molecule has 1 heterocycles. The molecule has 0 aromatic heterocycles. The number of nitrogens with zero attached hydrogens (tertiary/aromatic N) is 1. The summed E-state index contributed by atoms with van der Waals surface area (Å²) in [4.78, 5) is 12.4. The Bertz CT molecular complexity index is 947. The van der Waals surface area contributed by atoms with E-state index in [1.165, 1.54) is 6.08 Å². The van der Waals surface area contributed by atoms with Gasteiger partial charge in [-0.25, -0.2) is 0 Å². The number of ether oxygens (including phenoxy) is 4. The minimum atomic E-state index is -0.417. The van der Waals surface area contributed by atoms with Crippen LogP contribution >= 0.6 is 0 Å². The van der Waals surface area contributed by atoms with Crippen molar-refractivity contribution in [3.8, 4) is 23.3 Å². The van der Waals surface area contributed by atoms with E-state index in [4.69, 9.17) is 18.9 Å². The molecule has 168 valence electrons. The van der Waals surface area contributed by atoms with E-state index in [1.807, 2.05) is 43.3 Å². The molecule has 0 aliphatic carbocycles. The van der Waals surface area contributed by atoms with Gasteiger partial charge in [0.2, 0.25) is 0 Å². The summed E-state index contributed by atoms with van der Waals surface area (Å²) in [6, 6.07) is 16.8. The first-order valence-electron chi connectivity index (χ1n) is 10.8. The molecule has 7 nitrogen and oxygen atoms in total. The number of carbonyl (C=O) groups is 1. The van der Waals surface area contributed by atoms with E-state index < -0.39 is 5.91 Å². The maximum Gasteiger partial charge on any atom is 0.262 e. The number of hydrogen-bond donors (Lipinski definition) is 1. The Labute approximate surface area is 188 Å². The Hall–Kier alpha value is -3.50. The van der Waals surface area contributed by atoms with E-state index in [-0.39, 0.29) is 11.7 Å². The number of benzene rings is 2. The number of para-hydroxylation sites is 1. The molecule has 0 unspecified atom stereocenters. The Kier molecular flexibility index (Phi) is 8.96. The zero-order valence-corrected chi connectivity index (χ0v) is 18.2. The van der Waals surface area contributed by atoms with E-state index in [2.05, 4.69) is 5.32 Å². The average molecular weight is 437 g/mol. The number of amides is 1. The molecule has 1 aliphatic heterocycles. The first-order chi connectivity index (χ1) is 15.7. The van der Waals surface area contributed by atoms with Gasteiger partial charge in [0.1, 0.15) is 30.6 Å². The molecule has 2 aromatic rings. The maximum atomic E-state index is 12.4. The van der Waals surface area contributed by atoms with Crippen molar-refractivity contribution in [1.82, 2.24) is 5.32 Å². The van der Waals surface area contributed by atoms with E-state index in [9.17, 15) is 10.1 Å². The minimum absolute atomic E-state index is 0.0192. The molecule has 0 saturated carbocycles. The fraction of sp³-hybridized carbons (Fsp3) is 0.360. The lowest BCUT2D eigenvalue weighted by molar-refractivity contribution is -0.117. The van der Waals surface area contributed by atoms with Gasteiger partial charge < -0.3 is 24.3 Å². The van der Waals surface area contributed by atoms with Gasteiger partial charge in [0.25, 0.3) is 5.91 Å². The summed E-state index contributed by atoms with van der Waals surface area (Å²) in [6.07, 6.45) is 3.47. The second-order valence-electron chi connectivity index (χ2n) is 7.16. The highest BCUT2D eigenvalue weighted by Crippen LogP contribution is 2.29. The van der Waals surface area contributed by atoms with Crippen LogP contribution in [0.25, 0.3) is 6.08 Å². The van der Waals surface area contributed by atoms with Crippen molar-refractivity contribution in [3.05, 3.63) is 59.7 Å². The molecule has 7 heteroatoms. The Balaban J connectivity index is 1.60. The summed E-state index contributed by atoms with van der Waals surface area (Å²) in [5.41, 5.74) is 0.695. The molecule has 1 aliphatic rings. The summed E-state index contributed by atoms with van der Waals surface area (Å²) >= 11 is 0. The third-order valence-corrected chi connectivity index (χ3v) is 4.81. The van der Waals surface area contributed by atoms with Crippen LogP contribution in [0.2, 0.25) is 0 Å². The fourth-order valence-corrected chi connectivity index (χ4v) is 3.25. The van der Waals surface area contributed by atoms with Crippen molar-refractivity contribution in [3.63, 3.8) is 0 Å². The highest BCUT2D eigenvalue weighted by atomic mass is 16.5. The minimum Gasteiger partial charge on any atom is -0.490 e. The van der Waals surface area contributed by atoms with Crippen LogP contribution in [-0.4, -0.2) is 45.0 Å².